The van der Waals surface area contributed by atoms with Gasteiger partial charge < -0.3 is 8.83 Å². The zero-order valence-corrected chi connectivity index (χ0v) is 10.8. The molecule has 3 nitrogen and oxygen atoms in total. The van der Waals surface area contributed by atoms with Crippen molar-refractivity contribution in [2.75, 3.05) is 0 Å². The summed E-state index contributed by atoms with van der Waals surface area (Å²) in [5.74, 6) is 0. The van der Waals surface area contributed by atoms with Gasteiger partial charge >= 0.3 is 0 Å². The van der Waals surface area contributed by atoms with E-state index in [1.165, 1.54) is 5.56 Å². The van der Waals surface area contributed by atoms with E-state index in [1.807, 2.05) is 36.5 Å². The third kappa shape index (κ3) is 2.09. The molecule has 0 spiro atoms. The van der Waals surface area contributed by atoms with E-state index < -0.39 is 7.92 Å². The minimum absolute atomic E-state index is 0.833. The van der Waals surface area contributed by atoms with Crippen molar-refractivity contribution >= 4 is 24.4 Å². The van der Waals surface area contributed by atoms with Crippen molar-refractivity contribution < 1.29 is 8.83 Å². The predicted molar refractivity (Wildman–Crippen MR) is 72.2 cm³/mol. The Kier molecular flexibility index (Phi) is 2.99. The first-order valence-electron chi connectivity index (χ1n) is 5.64. The van der Waals surface area contributed by atoms with Crippen LogP contribution in [-0.2, 0) is 0 Å². The summed E-state index contributed by atoms with van der Waals surface area (Å²) in [6.07, 6.45) is 5.19. The molecule has 0 amide bonds. The second-order valence-corrected chi connectivity index (χ2v) is 5.94. The molecular formula is C14H12NO2P. The number of hydrogen-bond donors (Lipinski definition) is 0. The Morgan fingerprint density at radius 3 is 2.17 bits per heavy atom. The topological polar surface area (TPSA) is 39.2 Å². The fourth-order valence-electron chi connectivity index (χ4n) is 1.77. The molecule has 4 heteroatoms. The fourth-order valence-corrected chi connectivity index (χ4v) is 3.76. The highest BCUT2D eigenvalue weighted by Crippen LogP contribution is 2.32. The van der Waals surface area contributed by atoms with E-state index in [2.05, 4.69) is 18.0 Å². The molecule has 0 saturated heterocycles. The molecule has 0 bridgehead atoms. The molecule has 0 unspecified atom stereocenters. The van der Waals surface area contributed by atoms with Gasteiger partial charge in [-0.15, -0.1) is 0 Å². The third-order valence-corrected chi connectivity index (χ3v) is 4.68. The summed E-state index contributed by atoms with van der Waals surface area (Å²) in [6.45, 7) is 2.06. The molecule has 0 N–H and O–H groups in total. The molecule has 0 fully saturated rings. The molecule has 0 atom stereocenters. The Hall–Kier alpha value is -1.86. The van der Waals surface area contributed by atoms with Crippen LogP contribution in [0.15, 0.2) is 64.0 Å². The lowest BCUT2D eigenvalue weighted by atomic mass is 10.3. The fraction of sp³-hybridized carbons (Fsp3) is 0.0714. The minimum Gasteiger partial charge on any atom is -0.464 e. The molecule has 3 aromatic rings. The second kappa shape index (κ2) is 4.79. The van der Waals surface area contributed by atoms with Crippen molar-refractivity contribution in [3.8, 4) is 0 Å². The quantitative estimate of drug-likeness (QED) is 0.676. The Bertz CT molecular complexity index is 583. The maximum absolute atomic E-state index is 5.54. The summed E-state index contributed by atoms with van der Waals surface area (Å²) < 4.78 is 11.1. The van der Waals surface area contributed by atoms with Gasteiger partial charge in [-0.3, -0.25) is 4.98 Å². The summed E-state index contributed by atoms with van der Waals surface area (Å²) in [7, 11) is -0.833. The van der Waals surface area contributed by atoms with Crippen LogP contribution in [0.3, 0.4) is 0 Å². The van der Waals surface area contributed by atoms with Crippen LogP contribution in [0.25, 0.3) is 0 Å². The van der Waals surface area contributed by atoms with Crippen molar-refractivity contribution in [3.63, 3.8) is 0 Å². The van der Waals surface area contributed by atoms with E-state index >= 15 is 0 Å². The van der Waals surface area contributed by atoms with Gasteiger partial charge in [0.1, 0.15) is 11.0 Å². The lowest BCUT2D eigenvalue weighted by Gasteiger charge is -2.11. The lowest BCUT2D eigenvalue weighted by molar-refractivity contribution is 0.593. The number of nitrogens with zero attached hydrogens (tertiary/aromatic N) is 1. The van der Waals surface area contributed by atoms with Gasteiger partial charge in [0, 0.05) is 6.20 Å². The first-order valence-corrected chi connectivity index (χ1v) is 6.98. The molecule has 0 saturated carbocycles. The molecule has 90 valence electrons. The number of aromatic nitrogens is 1. The highest BCUT2D eigenvalue weighted by molar-refractivity contribution is 7.78. The van der Waals surface area contributed by atoms with Gasteiger partial charge in [0.15, 0.2) is 0 Å². The van der Waals surface area contributed by atoms with Gasteiger partial charge in [-0.25, -0.2) is 0 Å². The van der Waals surface area contributed by atoms with Gasteiger partial charge in [-0.05, 0) is 48.9 Å². The van der Waals surface area contributed by atoms with Gasteiger partial charge in [0.05, 0.1) is 25.9 Å². The Morgan fingerprint density at radius 1 is 1.00 bits per heavy atom. The van der Waals surface area contributed by atoms with E-state index in [4.69, 9.17) is 8.83 Å². The SMILES string of the molecule is Cc1ccnc(P(c2ccco2)c2ccco2)c1. The Morgan fingerprint density at radius 2 is 1.67 bits per heavy atom. The van der Waals surface area contributed by atoms with Gasteiger partial charge in [-0.2, -0.15) is 0 Å². The summed E-state index contributed by atoms with van der Waals surface area (Å²) in [5, 5.41) is 0. The van der Waals surface area contributed by atoms with E-state index in [9.17, 15) is 0 Å². The van der Waals surface area contributed by atoms with Crippen LogP contribution >= 0.6 is 7.92 Å². The van der Waals surface area contributed by atoms with E-state index in [0.29, 0.717) is 0 Å². The van der Waals surface area contributed by atoms with E-state index in [1.54, 1.807) is 12.5 Å². The number of aryl methyl sites for hydroxylation is 1. The van der Waals surface area contributed by atoms with Crippen LogP contribution in [-0.4, -0.2) is 4.98 Å². The van der Waals surface area contributed by atoms with Crippen LogP contribution in [0.1, 0.15) is 5.56 Å². The summed E-state index contributed by atoms with van der Waals surface area (Å²) in [4.78, 5) is 4.46. The van der Waals surface area contributed by atoms with E-state index in [-0.39, 0.29) is 0 Å². The molecule has 0 radical (unpaired) electrons. The first kappa shape index (κ1) is 11.2. The molecule has 0 aromatic carbocycles. The number of furan rings is 2. The number of rotatable bonds is 3. The van der Waals surface area contributed by atoms with Gasteiger partial charge in [0.2, 0.25) is 0 Å². The monoisotopic (exact) mass is 257 g/mol. The molecule has 3 heterocycles. The smallest absolute Gasteiger partial charge is 0.139 e. The minimum atomic E-state index is -0.833. The predicted octanol–water partition coefficient (Wildman–Crippen LogP) is 2.33. The van der Waals surface area contributed by atoms with Crippen molar-refractivity contribution in [1.29, 1.82) is 0 Å². The Balaban J connectivity index is 2.11. The van der Waals surface area contributed by atoms with Crippen molar-refractivity contribution in [3.05, 3.63) is 60.7 Å². The second-order valence-electron chi connectivity index (χ2n) is 3.93. The van der Waals surface area contributed by atoms with Crippen molar-refractivity contribution in [2.24, 2.45) is 0 Å². The Labute approximate surface area is 106 Å². The van der Waals surface area contributed by atoms with Crippen LogP contribution in [0.2, 0.25) is 0 Å². The third-order valence-electron chi connectivity index (χ3n) is 2.58. The van der Waals surface area contributed by atoms with Crippen LogP contribution in [0, 0.1) is 6.92 Å². The molecule has 3 aromatic heterocycles. The first-order chi connectivity index (χ1) is 8.84. The standard InChI is InChI=1S/C14H12NO2P/c1-11-6-7-15-12(10-11)18(13-4-2-8-16-13)14-5-3-9-17-14/h2-10H,1H3. The average Bonchev–Trinajstić information content (AvgIpc) is 3.02. The molecule has 0 aliphatic rings. The molecule has 18 heavy (non-hydrogen) atoms. The zero-order valence-electron chi connectivity index (χ0n) is 9.91. The van der Waals surface area contributed by atoms with Gasteiger partial charge in [0.25, 0.3) is 0 Å². The van der Waals surface area contributed by atoms with Crippen LogP contribution in [0.5, 0.6) is 0 Å². The maximum atomic E-state index is 5.54. The number of hydrogen-bond acceptors (Lipinski definition) is 3. The number of pyridine rings is 1. The van der Waals surface area contributed by atoms with E-state index in [0.717, 1.165) is 16.4 Å². The van der Waals surface area contributed by atoms with Crippen molar-refractivity contribution in [2.45, 2.75) is 6.92 Å². The summed E-state index contributed by atoms with van der Waals surface area (Å²) in [6, 6.07) is 11.8. The maximum Gasteiger partial charge on any atom is 0.139 e. The van der Waals surface area contributed by atoms with Crippen LogP contribution in [0.4, 0.5) is 0 Å². The molecule has 0 aliphatic heterocycles. The normalized spacial score (nSPS) is 11.0. The lowest BCUT2D eigenvalue weighted by Crippen LogP contribution is -2.21. The molecule has 0 aliphatic carbocycles. The average molecular weight is 257 g/mol. The molecular weight excluding hydrogens is 245 g/mol. The molecule has 3 rings (SSSR count). The largest absolute Gasteiger partial charge is 0.464 e. The summed E-state index contributed by atoms with van der Waals surface area (Å²) >= 11 is 0. The van der Waals surface area contributed by atoms with Crippen LogP contribution < -0.4 is 16.4 Å². The van der Waals surface area contributed by atoms with Gasteiger partial charge in [-0.1, -0.05) is 0 Å². The highest BCUT2D eigenvalue weighted by atomic mass is 31.1. The van der Waals surface area contributed by atoms with Crippen molar-refractivity contribution in [1.82, 2.24) is 4.98 Å². The summed E-state index contributed by atoms with van der Waals surface area (Å²) in [5.41, 5.74) is 3.98. The zero-order chi connectivity index (χ0) is 12.4. The highest BCUT2D eigenvalue weighted by Gasteiger charge is 2.23.